The molecule has 0 aromatic carbocycles. The fourth-order valence-electron chi connectivity index (χ4n) is 1.43. The van der Waals surface area contributed by atoms with Gasteiger partial charge >= 0.3 is 0 Å². The standard InChI is InChI=1S/C9H18FNO/c1-3-12-7-9(10)5-4-8(2)11-6-9/h8,11H,3-7H2,1-2H3. The highest BCUT2D eigenvalue weighted by molar-refractivity contribution is 4.88. The third kappa shape index (κ3) is 2.72. The Kier molecular flexibility index (Phi) is 3.47. The zero-order chi connectivity index (χ0) is 9.03. The molecule has 1 aliphatic heterocycles. The third-order valence-electron chi connectivity index (χ3n) is 2.36. The van der Waals surface area contributed by atoms with Crippen molar-refractivity contribution in [2.75, 3.05) is 19.8 Å². The summed E-state index contributed by atoms with van der Waals surface area (Å²) >= 11 is 0. The van der Waals surface area contributed by atoms with Crippen molar-refractivity contribution in [1.29, 1.82) is 0 Å². The van der Waals surface area contributed by atoms with Crippen molar-refractivity contribution in [3.63, 3.8) is 0 Å². The highest BCUT2D eigenvalue weighted by atomic mass is 19.1. The summed E-state index contributed by atoms with van der Waals surface area (Å²) in [6, 6.07) is 0.454. The van der Waals surface area contributed by atoms with Gasteiger partial charge in [0.25, 0.3) is 0 Å². The molecule has 72 valence electrons. The van der Waals surface area contributed by atoms with Crippen LogP contribution in [0.4, 0.5) is 4.39 Å². The van der Waals surface area contributed by atoms with Gasteiger partial charge in [-0.25, -0.2) is 4.39 Å². The summed E-state index contributed by atoms with van der Waals surface area (Å²) in [5.41, 5.74) is -1.12. The molecule has 0 spiro atoms. The predicted molar refractivity (Wildman–Crippen MR) is 47.0 cm³/mol. The minimum absolute atomic E-state index is 0.239. The Morgan fingerprint density at radius 1 is 1.67 bits per heavy atom. The Hall–Kier alpha value is -0.150. The van der Waals surface area contributed by atoms with Gasteiger partial charge in [0, 0.05) is 19.2 Å². The zero-order valence-corrected chi connectivity index (χ0v) is 7.90. The lowest BCUT2D eigenvalue weighted by Gasteiger charge is -2.33. The molecule has 0 aliphatic carbocycles. The molecule has 2 nitrogen and oxygen atoms in total. The van der Waals surface area contributed by atoms with E-state index < -0.39 is 5.67 Å². The monoisotopic (exact) mass is 175 g/mol. The minimum atomic E-state index is -1.12. The van der Waals surface area contributed by atoms with Crippen molar-refractivity contribution in [3.05, 3.63) is 0 Å². The molecule has 1 heterocycles. The van der Waals surface area contributed by atoms with Crippen LogP contribution in [0, 0.1) is 0 Å². The number of halogens is 1. The molecule has 1 N–H and O–H groups in total. The molecular weight excluding hydrogens is 157 g/mol. The van der Waals surface area contributed by atoms with E-state index in [4.69, 9.17) is 4.74 Å². The largest absolute Gasteiger partial charge is 0.378 e. The van der Waals surface area contributed by atoms with Crippen molar-refractivity contribution >= 4 is 0 Å². The maximum Gasteiger partial charge on any atom is 0.146 e. The van der Waals surface area contributed by atoms with Crippen LogP contribution in [0.15, 0.2) is 0 Å². The second-order valence-corrected chi connectivity index (χ2v) is 3.61. The first-order chi connectivity index (χ1) is 5.66. The van der Waals surface area contributed by atoms with E-state index in [-0.39, 0.29) is 6.61 Å². The summed E-state index contributed by atoms with van der Waals surface area (Å²) in [6.07, 6.45) is 1.53. The average molecular weight is 175 g/mol. The maximum absolute atomic E-state index is 13.7. The van der Waals surface area contributed by atoms with Crippen molar-refractivity contribution in [3.8, 4) is 0 Å². The third-order valence-corrected chi connectivity index (χ3v) is 2.36. The zero-order valence-electron chi connectivity index (χ0n) is 7.90. The molecule has 2 unspecified atom stereocenters. The molecule has 0 saturated carbocycles. The lowest BCUT2D eigenvalue weighted by atomic mass is 9.93. The van der Waals surface area contributed by atoms with Crippen LogP contribution in [0.1, 0.15) is 26.7 Å². The van der Waals surface area contributed by atoms with Gasteiger partial charge in [0.2, 0.25) is 0 Å². The van der Waals surface area contributed by atoms with Gasteiger partial charge in [0.15, 0.2) is 0 Å². The van der Waals surface area contributed by atoms with E-state index in [1.54, 1.807) is 0 Å². The van der Waals surface area contributed by atoms with Crippen LogP contribution in [-0.4, -0.2) is 31.5 Å². The maximum atomic E-state index is 13.7. The Morgan fingerprint density at radius 3 is 2.92 bits per heavy atom. The van der Waals surface area contributed by atoms with E-state index in [2.05, 4.69) is 12.2 Å². The second-order valence-electron chi connectivity index (χ2n) is 3.61. The van der Waals surface area contributed by atoms with E-state index in [9.17, 15) is 4.39 Å². The van der Waals surface area contributed by atoms with Crippen LogP contribution in [0.5, 0.6) is 0 Å². The number of hydrogen-bond acceptors (Lipinski definition) is 2. The van der Waals surface area contributed by atoms with Crippen molar-refractivity contribution in [2.45, 2.75) is 38.4 Å². The molecule has 1 rings (SSSR count). The van der Waals surface area contributed by atoms with Gasteiger partial charge in [-0.3, -0.25) is 0 Å². The molecule has 12 heavy (non-hydrogen) atoms. The normalized spacial score (nSPS) is 36.8. The Balaban J connectivity index is 2.29. The highest BCUT2D eigenvalue weighted by Crippen LogP contribution is 2.23. The fourth-order valence-corrected chi connectivity index (χ4v) is 1.43. The summed E-state index contributed by atoms with van der Waals surface area (Å²) in [5.74, 6) is 0. The van der Waals surface area contributed by atoms with Crippen molar-refractivity contribution in [2.24, 2.45) is 0 Å². The van der Waals surface area contributed by atoms with Gasteiger partial charge in [-0.2, -0.15) is 0 Å². The Morgan fingerprint density at radius 2 is 2.42 bits per heavy atom. The minimum Gasteiger partial charge on any atom is -0.378 e. The van der Waals surface area contributed by atoms with Gasteiger partial charge in [-0.1, -0.05) is 0 Å². The number of rotatable bonds is 3. The molecule has 1 aliphatic rings. The van der Waals surface area contributed by atoms with E-state index in [0.29, 0.717) is 25.6 Å². The second kappa shape index (κ2) is 4.19. The van der Waals surface area contributed by atoms with Crippen LogP contribution in [0.25, 0.3) is 0 Å². The molecule has 0 bridgehead atoms. The first-order valence-electron chi connectivity index (χ1n) is 4.66. The molecule has 0 amide bonds. The van der Waals surface area contributed by atoms with E-state index >= 15 is 0 Å². The topological polar surface area (TPSA) is 21.3 Å². The van der Waals surface area contributed by atoms with Crippen molar-refractivity contribution < 1.29 is 9.13 Å². The van der Waals surface area contributed by atoms with E-state index in [0.717, 1.165) is 6.42 Å². The van der Waals surface area contributed by atoms with Crippen LogP contribution in [-0.2, 0) is 4.74 Å². The van der Waals surface area contributed by atoms with Crippen molar-refractivity contribution in [1.82, 2.24) is 5.32 Å². The van der Waals surface area contributed by atoms with E-state index in [1.165, 1.54) is 0 Å². The number of nitrogens with one attached hydrogen (secondary N) is 1. The van der Waals surface area contributed by atoms with Crippen LogP contribution < -0.4 is 5.32 Å². The first-order valence-corrected chi connectivity index (χ1v) is 4.66. The van der Waals surface area contributed by atoms with Crippen LogP contribution >= 0.6 is 0 Å². The summed E-state index contributed by atoms with van der Waals surface area (Å²) in [7, 11) is 0. The molecule has 0 radical (unpaired) electrons. The average Bonchev–Trinajstić information content (AvgIpc) is 2.08. The Labute approximate surface area is 73.5 Å². The number of hydrogen-bond donors (Lipinski definition) is 1. The summed E-state index contributed by atoms with van der Waals surface area (Å²) in [5, 5.41) is 3.13. The van der Waals surface area contributed by atoms with Crippen LogP contribution in [0.3, 0.4) is 0 Å². The predicted octanol–water partition coefficient (Wildman–Crippen LogP) is 1.50. The number of alkyl halides is 1. The first kappa shape index (κ1) is 9.93. The van der Waals surface area contributed by atoms with E-state index in [1.807, 2.05) is 6.92 Å². The van der Waals surface area contributed by atoms with Gasteiger partial charge in [-0.05, 0) is 26.7 Å². The summed E-state index contributed by atoms with van der Waals surface area (Å²) in [4.78, 5) is 0. The molecule has 1 saturated heterocycles. The van der Waals surface area contributed by atoms with Gasteiger partial charge in [-0.15, -0.1) is 0 Å². The highest BCUT2D eigenvalue weighted by Gasteiger charge is 2.33. The molecule has 0 aromatic rings. The molecule has 3 heteroatoms. The number of ether oxygens (including phenoxy) is 1. The summed E-state index contributed by atoms with van der Waals surface area (Å²) in [6.45, 7) is 5.25. The molecule has 2 atom stereocenters. The molecule has 1 fully saturated rings. The SMILES string of the molecule is CCOCC1(F)CCC(C)NC1. The fraction of sp³-hybridized carbons (Fsp3) is 1.00. The quantitative estimate of drug-likeness (QED) is 0.702. The Bertz CT molecular complexity index is 127. The van der Waals surface area contributed by atoms with Gasteiger partial charge < -0.3 is 10.1 Å². The molecular formula is C9H18FNO. The van der Waals surface area contributed by atoms with Crippen LogP contribution in [0.2, 0.25) is 0 Å². The van der Waals surface area contributed by atoms with Gasteiger partial charge in [0.1, 0.15) is 5.67 Å². The van der Waals surface area contributed by atoms with Gasteiger partial charge in [0.05, 0.1) is 6.61 Å². The summed E-state index contributed by atoms with van der Waals surface area (Å²) < 4.78 is 18.8. The lowest BCUT2D eigenvalue weighted by molar-refractivity contribution is -0.000540. The smallest absolute Gasteiger partial charge is 0.146 e. The molecule has 0 aromatic heterocycles. The number of piperidine rings is 1. The lowest BCUT2D eigenvalue weighted by Crippen LogP contribution is -2.49.